The largest absolute Gasteiger partial charge is 0.351 e. The van der Waals surface area contributed by atoms with Crippen molar-refractivity contribution in [1.29, 1.82) is 0 Å². The lowest BCUT2D eigenvalue weighted by atomic mass is 9.51. The second-order valence-corrected chi connectivity index (χ2v) is 11.3. The molecular formula is C27H36ClN3O. The van der Waals surface area contributed by atoms with E-state index in [4.69, 9.17) is 16.7 Å². The Hall–Kier alpha value is -1.81. The molecule has 4 fully saturated rings. The quantitative estimate of drug-likeness (QED) is 0.475. The van der Waals surface area contributed by atoms with Gasteiger partial charge in [-0.1, -0.05) is 23.7 Å². The summed E-state index contributed by atoms with van der Waals surface area (Å²) in [5.74, 6) is 4.84. The van der Waals surface area contributed by atoms with Crippen LogP contribution in [0, 0.1) is 36.5 Å². The van der Waals surface area contributed by atoms with Crippen molar-refractivity contribution in [3.63, 3.8) is 0 Å². The minimum Gasteiger partial charge on any atom is -0.351 e. The number of benzene rings is 1. The van der Waals surface area contributed by atoms with Crippen LogP contribution in [-0.2, 0) is 0 Å². The number of nitrogens with one attached hydrogen (secondary N) is 1. The van der Waals surface area contributed by atoms with E-state index >= 15 is 0 Å². The molecule has 0 radical (unpaired) electrons. The Morgan fingerprint density at radius 3 is 2.31 bits per heavy atom. The zero-order chi connectivity index (χ0) is 22.4. The van der Waals surface area contributed by atoms with E-state index < -0.39 is 0 Å². The topological polar surface area (TPSA) is 46.9 Å². The Kier molecular flexibility index (Phi) is 6.09. The van der Waals surface area contributed by atoms with E-state index in [0.29, 0.717) is 10.7 Å². The van der Waals surface area contributed by atoms with Gasteiger partial charge in [0.2, 0.25) is 0 Å². The molecule has 0 spiro atoms. The summed E-state index contributed by atoms with van der Waals surface area (Å²) >= 11 is 6.08. The summed E-state index contributed by atoms with van der Waals surface area (Å²) < 4.78 is 1.96. The van der Waals surface area contributed by atoms with Crippen LogP contribution in [0.3, 0.4) is 0 Å². The van der Waals surface area contributed by atoms with E-state index in [1.807, 2.05) is 35.9 Å². The van der Waals surface area contributed by atoms with Gasteiger partial charge >= 0.3 is 0 Å². The number of amides is 1. The van der Waals surface area contributed by atoms with Crippen molar-refractivity contribution in [3.8, 4) is 11.3 Å². The summed E-state index contributed by atoms with van der Waals surface area (Å²) in [6, 6.07) is 7.93. The van der Waals surface area contributed by atoms with Crippen molar-refractivity contribution in [2.24, 2.45) is 29.6 Å². The summed E-state index contributed by atoms with van der Waals surface area (Å²) in [5, 5.41) is 8.58. The molecule has 32 heavy (non-hydrogen) atoms. The Balaban J connectivity index is 1.22. The van der Waals surface area contributed by atoms with Crippen molar-refractivity contribution in [2.75, 3.05) is 6.54 Å². The van der Waals surface area contributed by atoms with Gasteiger partial charge in [0, 0.05) is 28.7 Å². The molecule has 1 aromatic carbocycles. The van der Waals surface area contributed by atoms with Gasteiger partial charge in [-0.3, -0.25) is 9.48 Å². The standard InChI is InChI=1S/C27H36ClN3O/c1-16(2)31-26(20-6-8-23(28)9-7-20)17(3)25(30-31)27(32)29-10-4-5-24-21-12-18-11-19(14-21)15-22(24)13-18/h6-9,16,18-19,21-22,24H,4-5,10-15H2,1-3H3,(H,29,32). The van der Waals surface area contributed by atoms with Gasteiger partial charge < -0.3 is 5.32 Å². The lowest BCUT2D eigenvalue weighted by Gasteiger charge is -2.54. The number of carbonyl (C=O) groups is 1. The first-order valence-corrected chi connectivity index (χ1v) is 12.9. The van der Waals surface area contributed by atoms with Crippen LogP contribution in [0.25, 0.3) is 11.3 Å². The van der Waals surface area contributed by atoms with Gasteiger partial charge in [0.05, 0.1) is 5.69 Å². The SMILES string of the molecule is Cc1c(C(=O)NCCCC2C3CC4CC(C3)CC2C4)nn(C(C)C)c1-c1ccc(Cl)cc1. The third-order valence-electron chi connectivity index (χ3n) is 8.39. The van der Waals surface area contributed by atoms with E-state index in [-0.39, 0.29) is 11.9 Å². The monoisotopic (exact) mass is 453 g/mol. The highest BCUT2D eigenvalue weighted by molar-refractivity contribution is 6.30. The van der Waals surface area contributed by atoms with Gasteiger partial charge in [0.1, 0.15) is 0 Å². The highest BCUT2D eigenvalue weighted by Gasteiger charge is 2.47. The smallest absolute Gasteiger partial charge is 0.272 e. The van der Waals surface area contributed by atoms with Gasteiger partial charge in [0.15, 0.2) is 5.69 Å². The fraction of sp³-hybridized carbons (Fsp3) is 0.630. The van der Waals surface area contributed by atoms with Crippen LogP contribution in [-0.4, -0.2) is 22.2 Å². The first kappa shape index (κ1) is 22.0. The van der Waals surface area contributed by atoms with Crippen LogP contribution in [0.5, 0.6) is 0 Å². The molecule has 4 aliphatic carbocycles. The Labute approximate surface area is 197 Å². The number of rotatable bonds is 7. The lowest BCUT2D eigenvalue weighted by Crippen LogP contribution is -2.45. The Morgan fingerprint density at radius 2 is 1.72 bits per heavy atom. The molecule has 4 nitrogen and oxygen atoms in total. The number of hydrogen-bond acceptors (Lipinski definition) is 2. The summed E-state index contributed by atoms with van der Waals surface area (Å²) in [6.07, 6.45) is 9.76. The fourth-order valence-corrected chi connectivity index (χ4v) is 7.32. The summed E-state index contributed by atoms with van der Waals surface area (Å²) in [6.45, 7) is 6.93. The van der Waals surface area contributed by atoms with E-state index in [9.17, 15) is 4.79 Å². The van der Waals surface area contributed by atoms with Crippen LogP contribution in [0.1, 0.15) is 80.9 Å². The predicted molar refractivity (Wildman–Crippen MR) is 130 cm³/mol. The van der Waals surface area contributed by atoms with Gasteiger partial charge in [-0.25, -0.2) is 0 Å². The van der Waals surface area contributed by atoms with Crippen molar-refractivity contribution in [3.05, 3.63) is 40.5 Å². The lowest BCUT2D eigenvalue weighted by molar-refractivity contribution is -0.0401. The number of carbonyl (C=O) groups excluding carboxylic acids is 1. The second kappa shape index (κ2) is 8.85. The molecule has 1 aromatic heterocycles. The molecule has 1 heterocycles. The molecule has 0 unspecified atom stereocenters. The summed E-state index contributed by atoms with van der Waals surface area (Å²) in [4.78, 5) is 13.0. The van der Waals surface area contributed by atoms with Crippen molar-refractivity contribution < 1.29 is 4.79 Å². The van der Waals surface area contributed by atoms with Gasteiger partial charge in [-0.2, -0.15) is 5.10 Å². The molecule has 0 aliphatic heterocycles. The maximum absolute atomic E-state index is 13.0. The maximum Gasteiger partial charge on any atom is 0.272 e. The van der Waals surface area contributed by atoms with Crippen molar-refractivity contribution in [1.82, 2.24) is 15.1 Å². The number of nitrogens with zero attached hydrogens (tertiary/aromatic N) is 2. The van der Waals surface area contributed by atoms with Crippen LogP contribution < -0.4 is 5.32 Å². The minimum absolute atomic E-state index is 0.0535. The van der Waals surface area contributed by atoms with Crippen LogP contribution in [0.15, 0.2) is 24.3 Å². The van der Waals surface area contributed by atoms with E-state index in [1.165, 1.54) is 38.5 Å². The normalized spacial score (nSPS) is 28.5. The second-order valence-electron chi connectivity index (χ2n) is 10.9. The van der Waals surface area contributed by atoms with Crippen LogP contribution >= 0.6 is 11.6 Å². The predicted octanol–water partition coefficient (Wildman–Crippen LogP) is 6.68. The summed E-state index contributed by atoms with van der Waals surface area (Å²) in [7, 11) is 0. The first-order valence-electron chi connectivity index (χ1n) is 12.5. The molecule has 5 heteroatoms. The van der Waals surface area contributed by atoms with Gasteiger partial charge in [0.25, 0.3) is 5.91 Å². The minimum atomic E-state index is -0.0535. The Bertz CT molecular complexity index is 950. The zero-order valence-corrected chi connectivity index (χ0v) is 20.4. The maximum atomic E-state index is 13.0. The number of hydrogen-bond donors (Lipinski definition) is 1. The summed E-state index contributed by atoms with van der Waals surface area (Å²) in [5.41, 5.74) is 3.50. The third kappa shape index (κ3) is 4.11. The molecule has 2 aromatic rings. The molecule has 0 saturated heterocycles. The van der Waals surface area contributed by atoms with E-state index in [0.717, 1.165) is 59.4 Å². The molecule has 172 valence electrons. The van der Waals surface area contributed by atoms with E-state index in [1.54, 1.807) is 0 Å². The molecule has 4 saturated carbocycles. The molecule has 4 aliphatic rings. The Morgan fingerprint density at radius 1 is 1.09 bits per heavy atom. The van der Waals surface area contributed by atoms with Crippen molar-refractivity contribution in [2.45, 2.75) is 71.8 Å². The average Bonchev–Trinajstić information content (AvgIpc) is 3.10. The van der Waals surface area contributed by atoms with E-state index in [2.05, 4.69) is 19.2 Å². The molecule has 4 bridgehead atoms. The first-order chi connectivity index (χ1) is 15.4. The van der Waals surface area contributed by atoms with Crippen LogP contribution in [0.4, 0.5) is 0 Å². The third-order valence-corrected chi connectivity index (χ3v) is 8.64. The molecule has 1 N–H and O–H groups in total. The van der Waals surface area contributed by atoms with Gasteiger partial charge in [-0.05, 0) is 107 Å². The fourth-order valence-electron chi connectivity index (χ4n) is 7.20. The number of aromatic nitrogens is 2. The molecule has 6 rings (SSSR count). The highest BCUT2D eigenvalue weighted by atomic mass is 35.5. The zero-order valence-electron chi connectivity index (χ0n) is 19.6. The van der Waals surface area contributed by atoms with Crippen LogP contribution in [0.2, 0.25) is 5.02 Å². The number of halogens is 1. The van der Waals surface area contributed by atoms with Gasteiger partial charge in [-0.15, -0.1) is 0 Å². The van der Waals surface area contributed by atoms with Crippen molar-refractivity contribution >= 4 is 17.5 Å². The molecule has 0 atom stereocenters. The molecule has 1 amide bonds. The highest BCUT2D eigenvalue weighted by Crippen LogP contribution is 2.57. The average molecular weight is 454 g/mol. The molecular weight excluding hydrogens is 418 g/mol.